The lowest BCUT2D eigenvalue weighted by atomic mass is 10.1. The quantitative estimate of drug-likeness (QED) is 0.668. The third kappa shape index (κ3) is 5.08. The van der Waals surface area contributed by atoms with Gasteiger partial charge in [0.2, 0.25) is 0 Å². The number of rotatable bonds is 4. The summed E-state index contributed by atoms with van der Waals surface area (Å²) in [5.41, 5.74) is -0.357. The van der Waals surface area contributed by atoms with Crippen molar-refractivity contribution in [3.63, 3.8) is 0 Å². The first-order valence-corrected chi connectivity index (χ1v) is 8.28. The van der Waals surface area contributed by atoms with Gasteiger partial charge in [0, 0.05) is 26.6 Å². The number of hydrogen-bond acceptors (Lipinski definition) is 4. The monoisotopic (exact) mass is 351 g/mol. The number of thiophene rings is 1. The van der Waals surface area contributed by atoms with Gasteiger partial charge in [-0.25, -0.2) is 4.79 Å². The number of esters is 1. The number of nitrogens with one attached hydrogen (secondary N) is 1. The molecule has 0 atom stereocenters. The topological polar surface area (TPSA) is 55.4 Å². The second-order valence-corrected chi connectivity index (χ2v) is 7.48. The second-order valence-electron chi connectivity index (χ2n) is 6.02. The Morgan fingerprint density at radius 1 is 1.30 bits per heavy atom. The van der Waals surface area contributed by atoms with E-state index < -0.39 is 5.97 Å². The van der Waals surface area contributed by atoms with Crippen molar-refractivity contribution in [3.05, 3.63) is 40.2 Å². The van der Waals surface area contributed by atoms with Gasteiger partial charge in [-0.15, -0.1) is 11.3 Å². The van der Waals surface area contributed by atoms with E-state index in [1.165, 1.54) is 17.4 Å². The fourth-order valence-electron chi connectivity index (χ4n) is 1.92. The Morgan fingerprint density at radius 2 is 2.00 bits per heavy atom. The van der Waals surface area contributed by atoms with E-state index in [0.29, 0.717) is 5.02 Å². The fourth-order valence-corrected chi connectivity index (χ4v) is 3.32. The summed E-state index contributed by atoms with van der Waals surface area (Å²) in [6, 6.07) is 7.75. The van der Waals surface area contributed by atoms with Crippen LogP contribution in [0, 0.1) is 0 Å². The van der Waals surface area contributed by atoms with Crippen LogP contribution >= 0.6 is 22.9 Å². The summed E-state index contributed by atoms with van der Waals surface area (Å²) in [6.45, 7) is 5.27. The average Bonchev–Trinajstić information content (AvgIpc) is 2.78. The summed E-state index contributed by atoms with van der Waals surface area (Å²) < 4.78 is 5.96. The zero-order chi connectivity index (χ0) is 17.0. The summed E-state index contributed by atoms with van der Waals surface area (Å²) >= 11 is 7.78. The molecule has 0 unspecified atom stereocenters. The van der Waals surface area contributed by atoms with Crippen molar-refractivity contribution in [2.75, 3.05) is 6.61 Å². The van der Waals surface area contributed by atoms with Gasteiger partial charge in [-0.2, -0.15) is 0 Å². The number of fused-ring (bicyclic) bond motifs is 1. The minimum atomic E-state index is -0.581. The van der Waals surface area contributed by atoms with Crippen LogP contribution in [0.25, 0.3) is 16.2 Å². The molecule has 1 aromatic carbocycles. The van der Waals surface area contributed by atoms with Gasteiger partial charge in [0.05, 0.1) is 5.02 Å². The zero-order valence-electron chi connectivity index (χ0n) is 13.2. The van der Waals surface area contributed by atoms with Crippen molar-refractivity contribution in [2.45, 2.75) is 26.3 Å². The number of amides is 1. The van der Waals surface area contributed by atoms with Gasteiger partial charge in [0.15, 0.2) is 6.61 Å². The Labute approximate surface area is 144 Å². The van der Waals surface area contributed by atoms with Crippen molar-refractivity contribution in [2.24, 2.45) is 0 Å². The van der Waals surface area contributed by atoms with Crippen molar-refractivity contribution in [1.29, 1.82) is 0 Å². The molecule has 0 spiro atoms. The van der Waals surface area contributed by atoms with E-state index >= 15 is 0 Å². The molecule has 0 saturated heterocycles. The molecule has 23 heavy (non-hydrogen) atoms. The molecule has 1 aromatic heterocycles. The smallest absolute Gasteiger partial charge is 0.331 e. The van der Waals surface area contributed by atoms with E-state index in [2.05, 4.69) is 5.32 Å². The normalized spacial score (nSPS) is 11.8. The molecule has 2 aromatic rings. The molecule has 0 aliphatic heterocycles. The van der Waals surface area contributed by atoms with Gasteiger partial charge in [0.1, 0.15) is 0 Å². The molecule has 0 aliphatic rings. The van der Waals surface area contributed by atoms with E-state index in [0.717, 1.165) is 15.0 Å². The van der Waals surface area contributed by atoms with Gasteiger partial charge in [-0.05, 0) is 32.9 Å². The number of benzene rings is 1. The zero-order valence-corrected chi connectivity index (χ0v) is 14.8. The minimum Gasteiger partial charge on any atom is -0.452 e. The van der Waals surface area contributed by atoms with E-state index in [1.807, 2.05) is 45.0 Å². The minimum absolute atomic E-state index is 0.305. The summed E-state index contributed by atoms with van der Waals surface area (Å²) in [5.74, 6) is -0.915. The van der Waals surface area contributed by atoms with Gasteiger partial charge < -0.3 is 10.1 Å². The molecule has 2 rings (SSSR count). The molecule has 1 heterocycles. The highest BCUT2D eigenvalue weighted by atomic mass is 35.5. The lowest BCUT2D eigenvalue weighted by Crippen LogP contribution is -2.42. The van der Waals surface area contributed by atoms with Crippen LogP contribution in [0.1, 0.15) is 25.6 Å². The molecule has 0 aliphatic carbocycles. The molecule has 4 nitrogen and oxygen atoms in total. The molecule has 0 radical (unpaired) electrons. The standard InChI is InChI=1S/C17H18ClNO3S/c1-17(2,3)19-14(20)10-22-15(21)9-8-13-16(18)11-6-4-5-7-12(11)23-13/h4-9H,10H2,1-3H3,(H,19,20)/b9-8+. The maximum atomic E-state index is 11.7. The SMILES string of the molecule is CC(C)(C)NC(=O)COC(=O)/C=C/c1sc2ccccc2c1Cl. The molecule has 0 bridgehead atoms. The fraction of sp³-hybridized carbons (Fsp3) is 0.294. The van der Waals surface area contributed by atoms with E-state index in [-0.39, 0.29) is 18.1 Å². The summed E-state index contributed by atoms with van der Waals surface area (Å²) in [6.07, 6.45) is 2.89. The first-order valence-electron chi connectivity index (χ1n) is 7.09. The van der Waals surface area contributed by atoms with Crippen molar-refractivity contribution >= 4 is 51.0 Å². The maximum absolute atomic E-state index is 11.7. The summed E-state index contributed by atoms with van der Waals surface area (Å²) in [7, 11) is 0. The maximum Gasteiger partial charge on any atom is 0.331 e. The Bertz CT molecular complexity index is 759. The molecular formula is C17H18ClNO3S. The van der Waals surface area contributed by atoms with Crippen LogP contribution < -0.4 is 5.32 Å². The third-order valence-electron chi connectivity index (χ3n) is 2.79. The van der Waals surface area contributed by atoms with Crippen LogP contribution in [0.15, 0.2) is 30.3 Å². The number of ether oxygens (including phenoxy) is 1. The summed E-state index contributed by atoms with van der Waals surface area (Å²) in [5, 5.41) is 4.28. The van der Waals surface area contributed by atoms with Crippen molar-refractivity contribution < 1.29 is 14.3 Å². The van der Waals surface area contributed by atoms with Gasteiger partial charge in [0.25, 0.3) is 5.91 Å². The van der Waals surface area contributed by atoms with Crippen molar-refractivity contribution in [3.8, 4) is 0 Å². The van der Waals surface area contributed by atoms with E-state index in [1.54, 1.807) is 6.08 Å². The Morgan fingerprint density at radius 3 is 2.65 bits per heavy atom. The number of carbonyl (C=O) groups is 2. The van der Waals surface area contributed by atoms with Gasteiger partial charge >= 0.3 is 5.97 Å². The highest BCUT2D eigenvalue weighted by Gasteiger charge is 2.14. The van der Waals surface area contributed by atoms with Gasteiger partial charge in [-0.1, -0.05) is 29.8 Å². The first-order chi connectivity index (χ1) is 10.8. The van der Waals surface area contributed by atoms with E-state index in [4.69, 9.17) is 16.3 Å². The molecule has 6 heteroatoms. The highest BCUT2D eigenvalue weighted by Crippen LogP contribution is 2.35. The molecule has 1 N–H and O–H groups in total. The van der Waals surface area contributed by atoms with Crippen LogP contribution in [-0.2, 0) is 14.3 Å². The van der Waals surface area contributed by atoms with Crippen LogP contribution in [0.3, 0.4) is 0 Å². The Kier molecular flexibility index (Phi) is 5.44. The largest absolute Gasteiger partial charge is 0.452 e. The lowest BCUT2D eigenvalue weighted by Gasteiger charge is -2.20. The van der Waals surface area contributed by atoms with Crippen molar-refractivity contribution in [1.82, 2.24) is 5.32 Å². The Hall–Kier alpha value is -1.85. The number of carbonyl (C=O) groups excluding carboxylic acids is 2. The average molecular weight is 352 g/mol. The van der Waals surface area contributed by atoms with Crippen LogP contribution in [0.4, 0.5) is 0 Å². The van der Waals surface area contributed by atoms with Crippen LogP contribution in [0.2, 0.25) is 5.02 Å². The predicted octanol–water partition coefficient (Wildman–Crippen LogP) is 4.03. The number of hydrogen-bond donors (Lipinski definition) is 1. The van der Waals surface area contributed by atoms with Gasteiger partial charge in [-0.3, -0.25) is 4.79 Å². The second kappa shape index (κ2) is 7.15. The van der Waals surface area contributed by atoms with Crippen LogP contribution in [-0.4, -0.2) is 24.0 Å². The Balaban J connectivity index is 1.95. The van der Waals surface area contributed by atoms with E-state index in [9.17, 15) is 9.59 Å². The highest BCUT2D eigenvalue weighted by molar-refractivity contribution is 7.20. The summed E-state index contributed by atoms with van der Waals surface area (Å²) in [4.78, 5) is 24.0. The van der Waals surface area contributed by atoms with Crippen LogP contribution in [0.5, 0.6) is 0 Å². The molecule has 0 saturated carbocycles. The predicted molar refractivity (Wildman–Crippen MR) is 94.7 cm³/mol. The third-order valence-corrected chi connectivity index (χ3v) is 4.45. The molecule has 122 valence electrons. The first kappa shape index (κ1) is 17.5. The lowest BCUT2D eigenvalue weighted by molar-refractivity contribution is -0.144. The number of halogens is 1. The molecule has 0 fully saturated rings. The molecule has 1 amide bonds. The molecular weight excluding hydrogens is 334 g/mol.